The van der Waals surface area contributed by atoms with Crippen molar-refractivity contribution in [3.8, 4) is 0 Å². The predicted molar refractivity (Wildman–Crippen MR) is 151 cm³/mol. The summed E-state index contributed by atoms with van der Waals surface area (Å²) < 4.78 is 0.609. The van der Waals surface area contributed by atoms with E-state index in [1.165, 1.54) is 128 Å². The summed E-state index contributed by atoms with van der Waals surface area (Å²) >= 11 is 0. The van der Waals surface area contributed by atoms with Gasteiger partial charge in [0.05, 0.1) is 20.6 Å². The lowest BCUT2D eigenvalue weighted by Gasteiger charge is -2.44. The van der Waals surface area contributed by atoms with Gasteiger partial charge in [-0.25, -0.2) is 4.79 Å². The summed E-state index contributed by atoms with van der Waals surface area (Å²) in [5, 5.41) is 10.1. The van der Waals surface area contributed by atoms with Crippen LogP contribution in [0.15, 0.2) is 0 Å². The van der Waals surface area contributed by atoms with Gasteiger partial charge in [-0.15, -0.1) is 0 Å². The molecule has 0 rings (SSSR count). The number of carboxylic acid groups (broad SMARTS) is 1. The number of carbonyl (C=O) groups is 1. The van der Waals surface area contributed by atoms with Crippen LogP contribution in [0, 0.1) is 0 Å². The molecule has 3 nitrogen and oxygen atoms in total. The Hall–Kier alpha value is -0.570. The third-order valence-electron chi connectivity index (χ3n) is 8.38. The maximum absolute atomic E-state index is 12.3. The van der Waals surface area contributed by atoms with E-state index in [1.807, 2.05) is 6.92 Å². The van der Waals surface area contributed by atoms with E-state index < -0.39 is 11.5 Å². The second-order valence-electron chi connectivity index (χ2n) is 11.8. The van der Waals surface area contributed by atoms with Crippen molar-refractivity contribution >= 4 is 5.97 Å². The van der Waals surface area contributed by atoms with Crippen molar-refractivity contribution in [3.05, 3.63) is 0 Å². The Morgan fingerprint density at radius 2 is 0.853 bits per heavy atom. The molecule has 0 saturated carbocycles. The first-order chi connectivity index (χ1) is 16.3. The number of hydrogen-bond acceptors (Lipinski definition) is 1. The Bertz CT molecular complexity index is 462. The van der Waals surface area contributed by atoms with E-state index in [0.29, 0.717) is 4.48 Å². The summed E-state index contributed by atoms with van der Waals surface area (Å²) in [6.07, 6.45) is 30.0. The molecule has 0 fully saturated rings. The lowest BCUT2D eigenvalue weighted by Crippen LogP contribution is -2.62. The van der Waals surface area contributed by atoms with Gasteiger partial charge >= 0.3 is 5.97 Å². The summed E-state index contributed by atoms with van der Waals surface area (Å²) in [5.41, 5.74) is -0.669. The molecule has 0 aromatic heterocycles. The number of nitrogens with zero attached hydrogens (tertiary/aromatic N) is 1. The highest BCUT2D eigenvalue weighted by atomic mass is 16.4. The van der Waals surface area contributed by atoms with Gasteiger partial charge in [-0.2, -0.15) is 0 Å². The minimum Gasteiger partial charge on any atom is -0.477 e. The summed E-state index contributed by atoms with van der Waals surface area (Å²) in [6, 6.07) is 0. The lowest BCUT2D eigenvalue weighted by atomic mass is 9.89. The van der Waals surface area contributed by atoms with Crippen LogP contribution >= 0.6 is 0 Å². The van der Waals surface area contributed by atoms with Gasteiger partial charge in [-0.05, 0) is 19.3 Å². The van der Waals surface area contributed by atoms with E-state index in [9.17, 15) is 9.90 Å². The number of aliphatic carboxylic acids is 1. The fourth-order valence-corrected chi connectivity index (χ4v) is 5.22. The molecule has 0 aromatic carbocycles. The van der Waals surface area contributed by atoms with Gasteiger partial charge in [0.25, 0.3) is 0 Å². The first-order valence-electron chi connectivity index (χ1n) is 15.4. The van der Waals surface area contributed by atoms with Crippen molar-refractivity contribution in [3.63, 3.8) is 0 Å². The molecule has 3 heteroatoms. The van der Waals surface area contributed by atoms with Crippen molar-refractivity contribution in [1.29, 1.82) is 0 Å². The zero-order valence-corrected chi connectivity index (χ0v) is 24.3. The van der Waals surface area contributed by atoms with Gasteiger partial charge in [0.2, 0.25) is 0 Å². The molecule has 1 N–H and O–H groups in total. The van der Waals surface area contributed by atoms with E-state index >= 15 is 0 Å². The van der Waals surface area contributed by atoms with Gasteiger partial charge in [-0.1, -0.05) is 136 Å². The number of quaternary nitrogens is 1. The second kappa shape index (κ2) is 21.7. The number of likely N-dealkylation sites (N-methyl/N-ethyl adjacent to an activating group) is 1. The first-order valence-corrected chi connectivity index (χ1v) is 15.4. The van der Waals surface area contributed by atoms with Crippen molar-refractivity contribution < 1.29 is 14.4 Å². The molecular formula is C31H64NO2+. The third-order valence-corrected chi connectivity index (χ3v) is 8.38. The molecule has 0 spiro atoms. The van der Waals surface area contributed by atoms with E-state index in [4.69, 9.17) is 0 Å². The Kier molecular flexibility index (Phi) is 21.3. The summed E-state index contributed by atoms with van der Waals surface area (Å²) in [7, 11) is 4.28. The number of hydrogen-bond donors (Lipinski definition) is 1. The molecule has 0 aromatic rings. The largest absolute Gasteiger partial charge is 0.477 e. The number of carboxylic acids is 1. The van der Waals surface area contributed by atoms with Gasteiger partial charge in [-0.3, -0.25) is 0 Å². The molecule has 0 radical (unpaired) electrons. The van der Waals surface area contributed by atoms with Crippen molar-refractivity contribution in [2.75, 3.05) is 20.6 Å². The summed E-state index contributed by atoms with van der Waals surface area (Å²) in [6.45, 7) is 7.51. The normalized spacial score (nSPS) is 13.8. The lowest BCUT2D eigenvalue weighted by molar-refractivity contribution is -0.931. The average molecular weight is 483 g/mol. The molecule has 0 heterocycles. The first kappa shape index (κ1) is 33.4. The quantitative estimate of drug-likeness (QED) is 0.0983. The highest BCUT2D eigenvalue weighted by molar-refractivity contribution is 5.76. The highest BCUT2D eigenvalue weighted by Gasteiger charge is 2.47. The van der Waals surface area contributed by atoms with E-state index in [2.05, 4.69) is 27.9 Å². The minimum atomic E-state index is -0.669. The van der Waals surface area contributed by atoms with Crippen molar-refractivity contribution in [2.45, 2.75) is 174 Å². The SMILES string of the molecule is CCCCCCCCCCCCCC[N+](C)(C)C(C)(CCCCCCCCCCCC)C(=O)O. The van der Waals surface area contributed by atoms with Crippen LogP contribution in [0.5, 0.6) is 0 Å². The molecule has 0 bridgehead atoms. The number of unbranched alkanes of at least 4 members (excludes halogenated alkanes) is 20. The Labute approximate surface area is 215 Å². The molecule has 1 atom stereocenters. The van der Waals surface area contributed by atoms with Crippen LogP contribution in [0.2, 0.25) is 0 Å². The molecule has 0 saturated heterocycles. The predicted octanol–water partition coefficient (Wildman–Crippen LogP) is 9.92. The highest BCUT2D eigenvalue weighted by Crippen LogP contribution is 2.29. The second-order valence-corrected chi connectivity index (χ2v) is 11.8. The van der Waals surface area contributed by atoms with Gasteiger partial charge < -0.3 is 9.59 Å². The Balaban J connectivity index is 3.97. The summed E-state index contributed by atoms with van der Waals surface area (Å²) in [4.78, 5) is 12.3. The van der Waals surface area contributed by atoms with Gasteiger partial charge in [0.15, 0.2) is 5.54 Å². The monoisotopic (exact) mass is 482 g/mol. The molecule has 34 heavy (non-hydrogen) atoms. The van der Waals surface area contributed by atoms with Crippen molar-refractivity contribution in [1.82, 2.24) is 0 Å². The van der Waals surface area contributed by atoms with Crippen LogP contribution in [0.4, 0.5) is 0 Å². The molecule has 0 aliphatic carbocycles. The fourth-order valence-electron chi connectivity index (χ4n) is 5.22. The van der Waals surface area contributed by atoms with Crippen LogP contribution in [-0.4, -0.2) is 41.7 Å². The molecule has 204 valence electrons. The van der Waals surface area contributed by atoms with Crippen LogP contribution in [0.25, 0.3) is 0 Å². The Morgan fingerprint density at radius 3 is 1.18 bits per heavy atom. The zero-order chi connectivity index (χ0) is 25.5. The van der Waals surface area contributed by atoms with Crippen molar-refractivity contribution in [2.24, 2.45) is 0 Å². The molecule has 0 aliphatic heterocycles. The molecular weight excluding hydrogens is 418 g/mol. The zero-order valence-electron chi connectivity index (χ0n) is 24.3. The van der Waals surface area contributed by atoms with Crippen LogP contribution in [-0.2, 0) is 4.79 Å². The standard InChI is InChI=1S/C31H63NO2/c1-6-8-10-12-14-16-18-19-21-23-25-27-29-32(4,5)31(3,30(33)34)28-26-24-22-20-17-15-13-11-9-7-2/h6-29H2,1-5H3/p+1. The molecule has 0 amide bonds. The van der Waals surface area contributed by atoms with E-state index in [1.54, 1.807) is 0 Å². The number of rotatable bonds is 26. The molecule has 1 unspecified atom stereocenters. The maximum atomic E-state index is 12.3. The third kappa shape index (κ3) is 16.2. The summed E-state index contributed by atoms with van der Waals surface area (Å²) in [5.74, 6) is -0.618. The van der Waals surface area contributed by atoms with Crippen LogP contribution in [0.1, 0.15) is 168 Å². The minimum absolute atomic E-state index is 0.609. The Morgan fingerprint density at radius 1 is 0.559 bits per heavy atom. The van der Waals surface area contributed by atoms with Gasteiger partial charge in [0, 0.05) is 13.3 Å². The van der Waals surface area contributed by atoms with Gasteiger partial charge in [0.1, 0.15) is 0 Å². The van der Waals surface area contributed by atoms with E-state index in [0.717, 1.165) is 25.8 Å². The fraction of sp³-hybridized carbons (Fsp3) is 0.968. The smallest absolute Gasteiger partial charge is 0.365 e. The maximum Gasteiger partial charge on any atom is 0.365 e. The topological polar surface area (TPSA) is 37.3 Å². The molecule has 0 aliphatic rings. The van der Waals surface area contributed by atoms with E-state index in [-0.39, 0.29) is 0 Å². The average Bonchev–Trinajstić information content (AvgIpc) is 2.80. The van der Waals surface area contributed by atoms with Crippen LogP contribution < -0.4 is 0 Å². The van der Waals surface area contributed by atoms with Crippen LogP contribution in [0.3, 0.4) is 0 Å².